The van der Waals surface area contributed by atoms with Gasteiger partial charge in [0, 0.05) is 11.2 Å². The molecule has 0 spiro atoms. The third-order valence-electron chi connectivity index (χ3n) is 4.74. The van der Waals surface area contributed by atoms with Crippen molar-refractivity contribution in [3.8, 4) is 0 Å². The number of carbonyl (C=O) groups is 1. The Bertz CT molecular complexity index is 309. The van der Waals surface area contributed by atoms with Crippen LogP contribution >= 0.6 is 15.9 Å². The average molecular weight is 391 g/mol. The van der Waals surface area contributed by atoms with Crippen LogP contribution in [0.4, 0.5) is 0 Å². The van der Waals surface area contributed by atoms with Crippen LogP contribution < -0.4 is 0 Å². The van der Waals surface area contributed by atoms with E-state index in [1.54, 1.807) is 0 Å². The molecule has 3 nitrogen and oxygen atoms in total. The molecule has 1 rings (SSSR count). The normalized spacial score (nSPS) is 24.0. The molecule has 0 saturated carbocycles. The first-order valence-corrected chi connectivity index (χ1v) is 10.4. The molecule has 3 atom stereocenters. The van der Waals surface area contributed by atoms with Crippen molar-refractivity contribution in [2.45, 2.75) is 107 Å². The summed E-state index contributed by atoms with van der Waals surface area (Å²) in [5.41, 5.74) is 0. The third kappa shape index (κ3) is 9.71. The zero-order valence-electron chi connectivity index (χ0n) is 15.0. The summed E-state index contributed by atoms with van der Waals surface area (Å²) >= 11 is 3.81. The molecule has 0 bridgehead atoms. The van der Waals surface area contributed by atoms with Crippen molar-refractivity contribution in [3.63, 3.8) is 0 Å². The summed E-state index contributed by atoms with van der Waals surface area (Å²) in [6, 6.07) is 0. The van der Waals surface area contributed by atoms with Crippen molar-refractivity contribution < 1.29 is 14.3 Å². The highest BCUT2D eigenvalue weighted by molar-refractivity contribution is 9.09. The second-order valence-electron chi connectivity index (χ2n) is 6.78. The Morgan fingerprint density at radius 3 is 2.43 bits per heavy atom. The number of methoxy groups -OCH3 is 1. The smallest absolute Gasteiger partial charge is 0.305 e. The predicted octanol–water partition coefficient (Wildman–Crippen LogP) is 5.78. The lowest BCUT2D eigenvalue weighted by Crippen LogP contribution is -2.15. The van der Waals surface area contributed by atoms with E-state index in [-0.39, 0.29) is 5.97 Å². The number of hydrogen-bond acceptors (Lipinski definition) is 3. The molecule has 4 heteroatoms. The van der Waals surface area contributed by atoms with Gasteiger partial charge in [-0.15, -0.1) is 0 Å². The number of hydrogen-bond donors (Lipinski definition) is 0. The van der Waals surface area contributed by atoms with E-state index in [9.17, 15) is 4.79 Å². The van der Waals surface area contributed by atoms with Gasteiger partial charge in [-0.2, -0.15) is 0 Å². The Morgan fingerprint density at radius 1 is 1.04 bits per heavy atom. The molecular formula is C19H35BrO3. The molecule has 1 saturated heterocycles. The van der Waals surface area contributed by atoms with Crippen LogP contribution in [0.5, 0.6) is 0 Å². The molecule has 0 aliphatic carbocycles. The molecule has 1 aliphatic rings. The zero-order valence-corrected chi connectivity index (χ0v) is 16.6. The predicted molar refractivity (Wildman–Crippen MR) is 99.1 cm³/mol. The number of carbonyl (C=O) groups excluding carboxylic acids is 1. The second kappa shape index (κ2) is 13.2. The molecule has 0 N–H and O–H groups in total. The summed E-state index contributed by atoms with van der Waals surface area (Å²) in [4.78, 5) is 11.5. The number of alkyl halides is 1. The number of unbranched alkanes of at least 4 members (excludes halogenated alkanes) is 7. The van der Waals surface area contributed by atoms with E-state index in [0.29, 0.717) is 23.5 Å². The maximum absolute atomic E-state index is 11.0. The molecule has 136 valence electrons. The van der Waals surface area contributed by atoms with Crippen molar-refractivity contribution in [1.29, 1.82) is 0 Å². The lowest BCUT2D eigenvalue weighted by atomic mass is 10.0. The summed E-state index contributed by atoms with van der Waals surface area (Å²) in [6.45, 7) is 2.26. The van der Waals surface area contributed by atoms with Gasteiger partial charge in [0.05, 0.1) is 19.3 Å². The molecule has 23 heavy (non-hydrogen) atoms. The lowest BCUT2D eigenvalue weighted by Gasteiger charge is -2.15. The van der Waals surface area contributed by atoms with E-state index >= 15 is 0 Å². The number of esters is 1. The topological polar surface area (TPSA) is 35.5 Å². The fourth-order valence-electron chi connectivity index (χ4n) is 3.27. The first-order chi connectivity index (χ1) is 11.2. The van der Waals surface area contributed by atoms with Crippen LogP contribution in [0.25, 0.3) is 0 Å². The van der Waals surface area contributed by atoms with Crippen LogP contribution in [0.2, 0.25) is 0 Å². The molecule has 1 heterocycles. The third-order valence-corrected chi connectivity index (χ3v) is 5.70. The Balaban J connectivity index is 1.99. The van der Waals surface area contributed by atoms with Crippen LogP contribution in [0.1, 0.15) is 90.4 Å². The van der Waals surface area contributed by atoms with E-state index in [0.717, 1.165) is 12.8 Å². The average Bonchev–Trinajstić information content (AvgIpc) is 2.90. The highest BCUT2D eigenvalue weighted by Crippen LogP contribution is 2.32. The molecule has 1 fully saturated rings. The van der Waals surface area contributed by atoms with Gasteiger partial charge in [0.25, 0.3) is 0 Å². The van der Waals surface area contributed by atoms with Gasteiger partial charge in [0.1, 0.15) is 0 Å². The van der Waals surface area contributed by atoms with Crippen molar-refractivity contribution in [3.05, 3.63) is 0 Å². The summed E-state index contributed by atoms with van der Waals surface area (Å²) < 4.78 is 10.9. The van der Waals surface area contributed by atoms with Crippen molar-refractivity contribution in [1.82, 2.24) is 0 Å². The quantitative estimate of drug-likeness (QED) is 0.227. The fourth-order valence-corrected chi connectivity index (χ4v) is 4.08. The van der Waals surface area contributed by atoms with Crippen LogP contribution in [-0.2, 0) is 14.3 Å². The van der Waals surface area contributed by atoms with E-state index in [4.69, 9.17) is 4.74 Å². The SMILES string of the molecule is CCCCCCC1CC(Br)C(CCCCCCCC(=O)OC)O1. The maximum atomic E-state index is 11.0. The monoisotopic (exact) mass is 390 g/mol. The van der Waals surface area contributed by atoms with Gasteiger partial charge in [-0.3, -0.25) is 4.79 Å². The molecule has 0 radical (unpaired) electrons. The summed E-state index contributed by atoms with van der Waals surface area (Å²) in [5, 5.41) is 0. The summed E-state index contributed by atoms with van der Waals surface area (Å²) in [7, 11) is 1.46. The van der Waals surface area contributed by atoms with Gasteiger partial charge in [0.15, 0.2) is 0 Å². The van der Waals surface area contributed by atoms with Gasteiger partial charge in [0.2, 0.25) is 0 Å². The summed E-state index contributed by atoms with van der Waals surface area (Å²) in [6.07, 6.45) is 16.1. The lowest BCUT2D eigenvalue weighted by molar-refractivity contribution is -0.140. The fraction of sp³-hybridized carbons (Fsp3) is 0.947. The van der Waals surface area contributed by atoms with E-state index < -0.39 is 0 Å². The number of halogens is 1. The molecule has 0 amide bonds. The van der Waals surface area contributed by atoms with Gasteiger partial charge < -0.3 is 9.47 Å². The zero-order chi connectivity index (χ0) is 16.9. The van der Waals surface area contributed by atoms with Crippen LogP contribution in [0.15, 0.2) is 0 Å². The van der Waals surface area contributed by atoms with Crippen molar-refractivity contribution in [2.24, 2.45) is 0 Å². The number of rotatable bonds is 13. The van der Waals surface area contributed by atoms with E-state index in [1.807, 2.05) is 0 Å². The highest BCUT2D eigenvalue weighted by Gasteiger charge is 2.32. The van der Waals surface area contributed by atoms with Crippen molar-refractivity contribution >= 4 is 21.9 Å². The Morgan fingerprint density at radius 2 is 1.70 bits per heavy atom. The minimum Gasteiger partial charge on any atom is -0.469 e. The molecule has 0 aromatic rings. The highest BCUT2D eigenvalue weighted by atomic mass is 79.9. The molecule has 1 aliphatic heterocycles. The molecule has 0 aromatic carbocycles. The van der Waals surface area contributed by atoms with Gasteiger partial charge >= 0.3 is 5.97 Å². The maximum Gasteiger partial charge on any atom is 0.305 e. The standard InChI is InChI=1S/C19H35BrO3/c1-3-4-5-9-12-16-15-17(20)18(23-16)13-10-7-6-8-11-14-19(21)22-2/h16-18H,3-15H2,1-2H3. The van der Waals surface area contributed by atoms with Crippen LogP contribution in [0, 0.1) is 0 Å². The van der Waals surface area contributed by atoms with Crippen LogP contribution in [-0.4, -0.2) is 30.1 Å². The molecular weight excluding hydrogens is 356 g/mol. The second-order valence-corrected chi connectivity index (χ2v) is 7.96. The van der Waals surface area contributed by atoms with E-state index in [1.165, 1.54) is 71.3 Å². The summed E-state index contributed by atoms with van der Waals surface area (Å²) in [5.74, 6) is -0.0866. The largest absolute Gasteiger partial charge is 0.469 e. The first kappa shape index (κ1) is 21.0. The Kier molecular flexibility index (Phi) is 12.1. The molecule has 3 unspecified atom stereocenters. The number of ether oxygens (including phenoxy) is 2. The van der Waals surface area contributed by atoms with Gasteiger partial charge in [-0.1, -0.05) is 74.2 Å². The Hall–Kier alpha value is -0.0900. The van der Waals surface area contributed by atoms with Gasteiger partial charge in [-0.05, 0) is 25.7 Å². The van der Waals surface area contributed by atoms with Gasteiger partial charge in [-0.25, -0.2) is 0 Å². The first-order valence-electron chi connectivity index (χ1n) is 9.53. The molecule has 0 aromatic heterocycles. The van der Waals surface area contributed by atoms with Crippen molar-refractivity contribution in [2.75, 3.05) is 7.11 Å². The van der Waals surface area contributed by atoms with E-state index in [2.05, 4.69) is 27.6 Å². The Labute approximate surface area is 151 Å². The van der Waals surface area contributed by atoms with Crippen LogP contribution in [0.3, 0.4) is 0 Å². The minimum absolute atomic E-state index is 0.0866. The minimum atomic E-state index is -0.0866.